The highest BCUT2D eigenvalue weighted by molar-refractivity contribution is 5.87. The molecule has 1 N–H and O–H groups in total. The van der Waals surface area contributed by atoms with Crippen LogP contribution in [0.4, 0.5) is 4.39 Å². The summed E-state index contributed by atoms with van der Waals surface area (Å²) >= 11 is 0. The van der Waals surface area contributed by atoms with Crippen LogP contribution in [0.15, 0.2) is 18.2 Å². The Balaban J connectivity index is 2.06. The third-order valence-corrected chi connectivity index (χ3v) is 3.87. The van der Waals surface area contributed by atoms with Gasteiger partial charge in [0.05, 0.1) is 5.56 Å². The van der Waals surface area contributed by atoms with E-state index in [0.29, 0.717) is 12.1 Å². The minimum absolute atomic E-state index is 0.149. The second kappa shape index (κ2) is 6.15. The zero-order valence-electron chi connectivity index (χ0n) is 11.2. The quantitative estimate of drug-likeness (QED) is 0.859. The molecule has 1 fully saturated rings. The molecule has 3 nitrogen and oxygen atoms in total. The molecular weight excluding hydrogens is 245 g/mol. The van der Waals surface area contributed by atoms with E-state index in [1.54, 1.807) is 0 Å². The molecule has 19 heavy (non-hydrogen) atoms. The Kier molecular flexibility index (Phi) is 4.53. The van der Waals surface area contributed by atoms with Crippen molar-refractivity contribution in [1.29, 1.82) is 0 Å². The summed E-state index contributed by atoms with van der Waals surface area (Å²) in [5.41, 5.74) is 0.622. The molecule has 0 aromatic heterocycles. The fourth-order valence-corrected chi connectivity index (χ4v) is 2.42. The second-order valence-electron chi connectivity index (χ2n) is 5.24. The molecule has 0 spiro atoms. The molecule has 0 heterocycles. The lowest BCUT2D eigenvalue weighted by molar-refractivity contribution is 0.0696. The van der Waals surface area contributed by atoms with Crippen molar-refractivity contribution in [3.63, 3.8) is 0 Å². The molecule has 1 aliphatic carbocycles. The van der Waals surface area contributed by atoms with Crippen LogP contribution in [0.25, 0.3) is 0 Å². The number of carboxylic acids is 1. The van der Waals surface area contributed by atoms with Crippen LogP contribution in [0.1, 0.15) is 42.1 Å². The number of hydrogen-bond acceptors (Lipinski definition) is 2. The molecule has 0 radical (unpaired) electrons. The summed E-state index contributed by atoms with van der Waals surface area (Å²) in [6, 6.07) is 4.00. The van der Waals surface area contributed by atoms with Crippen molar-refractivity contribution in [1.82, 2.24) is 4.90 Å². The van der Waals surface area contributed by atoms with Crippen molar-refractivity contribution >= 4 is 5.97 Å². The first-order valence-corrected chi connectivity index (χ1v) is 6.84. The van der Waals surface area contributed by atoms with E-state index in [4.69, 9.17) is 5.11 Å². The fraction of sp³-hybridized carbons (Fsp3) is 0.533. The summed E-state index contributed by atoms with van der Waals surface area (Å²) in [6.45, 7) is 4.37. The van der Waals surface area contributed by atoms with Gasteiger partial charge in [-0.2, -0.15) is 0 Å². The highest BCUT2D eigenvalue weighted by Gasteiger charge is 2.20. The van der Waals surface area contributed by atoms with Crippen molar-refractivity contribution in [2.45, 2.75) is 32.7 Å². The van der Waals surface area contributed by atoms with Crippen LogP contribution in [0, 0.1) is 11.7 Å². The van der Waals surface area contributed by atoms with Crippen LogP contribution < -0.4 is 0 Å². The van der Waals surface area contributed by atoms with Gasteiger partial charge >= 0.3 is 5.97 Å². The summed E-state index contributed by atoms with van der Waals surface area (Å²) in [4.78, 5) is 13.1. The van der Waals surface area contributed by atoms with Gasteiger partial charge < -0.3 is 5.11 Å². The summed E-state index contributed by atoms with van der Waals surface area (Å²) in [6.07, 6.45) is 3.81. The summed E-state index contributed by atoms with van der Waals surface area (Å²) in [7, 11) is 0. The first-order chi connectivity index (χ1) is 9.10. The SMILES string of the molecule is CCN(Cc1cc(C(=O)O)ccc1F)CC1CCC1. The minimum Gasteiger partial charge on any atom is -0.478 e. The number of hydrogen-bond donors (Lipinski definition) is 1. The fourth-order valence-electron chi connectivity index (χ4n) is 2.42. The first-order valence-electron chi connectivity index (χ1n) is 6.84. The molecule has 104 valence electrons. The Hall–Kier alpha value is -1.42. The lowest BCUT2D eigenvalue weighted by atomic mass is 9.85. The maximum absolute atomic E-state index is 13.7. The van der Waals surface area contributed by atoms with Gasteiger partial charge in [-0.3, -0.25) is 4.90 Å². The van der Waals surface area contributed by atoms with Gasteiger partial charge in [-0.05, 0) is 43.5 Å². The average molecular weight is 265 g/mol. The molecule has 1 aromatic rings. The maximum Gasteiger partial charge on any atom is 0.335 e. The van der Waals surface area contributed by atoms with Gasteiger partial charge in [0.15, 0.2) is 0 Å². The average Bonchev–Trinajstić information content (AvgIpc) is 2.34. The summed E-state index contributed by atoms with van der Waals surface area (Å²) in [5, 5.41) is 8.95. The molecule has 1 saturated carbocycles. The van der Waals surface area contributed by atoms with Gasteiger partial charge in [-0.15, -0.1) is 0 Å². The maximum atomic E-state index is 13.7. The molecule has 2 rings (SSSR count). The van der Waals surface area contributed by atoms with Crippen molar-refractivity contribution in [2.24, 2.45) is 5.92 Å². The van der Waals surface area contributed by atoms with Crippen LogP contribution in [-0.4, -0.2) is 29.1 Å². The Bertz CT molecular complexity index is 457. The monoisotopic (exact) mass is 265 g/mol. The number of benzene rings is 1. The number of halogens is 1. The highest BCUT2D eigenvalue weighted by atomic mass is 19.1. The topological polar surface area (TPSA) is 40.5 Å². The summed E-state index contributed by atoms with van der Waals surface area (Å²) < 4.78 is 13.7. The molecular formula is C15H20FNO2. The van der Waals surface area contributed by atoms with E-state index in [1.807, 2.05) is 0 Å². The van der Waals surface area contributed by atoms with E-state index in [1.165, 1.54) is 37.5 Å². The molecule has 0 bridgehead atoms. The number of nitrogens with zero attached hydrogens (tertiary/aromatic N) is 1. The molecule has 0 aliphatic heterocycles. The predicted molar refractivity (Wildman–Crippen MR) is 71.7 cm³/mol. The molecule has 0 saturated heterocycles. The lowest BCUT2D eigenvalue weighted by Crippen LogP contribution is -2.32. The normalized spacial score (nSPS) is 15.5. The van der Waals surface area contributed by atoms with E-state index >= 15 is 0 Å². The van der Waals surface area contributed by atoms with Crippen LogP contribution in [0.5, 0.6) is 0 Å². The molecule has 1 aliphatic rings. The van der Waals surface area contributed by atoms with Crippen LogP contribution in [-0.2, 0) is 6.54 Å². The van der Waals surface area contributed by atoms with Gasteiger partial charge in [0.25, 0.3) is 0 Å². The van der Waals surface area contributed by atoms with E-state index in [2.05, 4.69) is 11.8 Å². The van der Waals surface area contributed by atoms with E-state index in [-0.39, 0.29) is 11.4 Å². The highest BCUT2D eigenvalue weighted by Crippen LogP contribution is 2.27. The number of aromatic carboxylic acids is 1. The van der Waals surface area contributed by atoms with Crippen molar-refractivity contribution < 1.29 is 14.3 Å². The van der Waals surface area contributed by atoms with Crippen molar-refractivity contribution in [2.75, 3.05) is 13.1 Å². The number of carbonyl (C=O) groups is 1. The van der Waals surface area contributed by atoms with E-state index in [9.17, 15) is 9.18 Å². The third kappa shape index (κ3) is 3.53. The van der Waals surface area contributed by atoms with Crippen LogP contribution in [0.2, 0.25) is 0 Å². The Morgan fingerprint density at radius 1 is 1.47 bits per heavy atom. The molecule has 4 heteroatoms. The third-order valence-electron chi connectivity index (χ3n) is 3.87. The molecule has 0 atom stereocenters. The minimum atomic E-state index is -1.01. The summed E-state index contributed by atoms with van der Waals surface area (Å²) in [5.74, 6) is -0.606. The number of carboxylic acid groups (broad SMARTS) is 1. The largest absolute Gasteiger partial charge is 0.478 e. The van der Waals surface area contributed by atoms with Crippen LogP contribution in [0.3, 0.4) is 0 Å². The van der Waals surface area contributed by atoms with Gasteiger partial charge in [0.1, 0.15) is 5.82 Å². The van der Waals surface area contributed by atoms with Gasteiger partial charge in [0, 0.05) is 18.7 Å². The molecule has 0 amide bonds. The van der Waals surface area contributed by atoms with Gasteiger partial charge in [0.2, 0.25) is 0 Å². The van der Waals surface area contributed by atoms with Crippen molar-refractivity contribution in [3.8, 4) is 0 Å². The van der Waals surface area contributed by atoms with Crippen LogP contribution >= 0.6 is 0 Å². The predicted octanol–water partition coefficient (Wildman–Crippen LogP) is 3.15. The standard InChI is InChI=1S/C15H20FNO2/c1-2-17(9-11-4-3-5-11)10-13-8-12(15(18)19)6-7-14(13)16/h6-8,11H,2-5,9-10H2,1H3,(H,18,19). The molecule has 1 aromatic carbocycles. The number of rotatable bonds is 6. The van der Waals surface area contributed by atoms with Crippen molar-refractivity contribution in [3.05, 3.63) is 35.1 Å². The molecule has 0 unspecified atom stereocenters. The van der Waals surface area contributed by atoms with E-state index < -0.39 is 5.97 Å². The van der Waals surface area contributed by atoms with Gasteiger partial charge in [-0.25, -0.2) is 9.18 Å². The zero-order valence-corrected chi connectivity index (χ0v) is 11.2. The smallest absolute Gasteiger partial charge is 0.335 e. The van der Waals surface area contributed by atoms with E-state index in [0.717, 1.165) is 19.0 Å². The first kappa shape index (κ1) is 14.0. The Morgan fingerprint density at radius 2 is 2.21 bits per heavy atom. The second-order valence-corrected chi connectivity index (χ2v) is 5.24. The Labute approximate surface area is 113 Å². The zero-order chi connectivity index (χ0) is 13.8. The lowest BCUT2D eigenvalue weighted by Gasteiger charge is -2.31. The Morgan fingerprint density at radius 3 is 2.74 bits per heavy atom. The van der Waals surface area contributed by atoms with Gasteiger partial charge in [-0.1, -0.05) is 13.3 Å².